The lowest BCUT2D eigenvalue weighted by molar-refractivity contribution is 0.0746. The molecule has 0 bridgehead atoms. The minimum Gasteiger partial charge on any atom is -0.334 e. The molecule has 0 radical (unpaired) electrons. The molecule has 1 atom stereocenters. The normalized spacial score (nSPS) is 17.5. The van der Waals surface area contributed by atoms with Crippen LogP contribution in [0.25, 0.3) is 10.2 Å². The zero-order valence-electron chi connectivity index (χ0n) is 14.3. The van der Waals surface area contributed by atoms with E-state index in [0.29, 0.717) is 13.1 Å². The zero-order valence-corrected chi connectivity index (χ0v) is 15.1. The first-order chi connectivity index (χ1) is 12.2. The van der Waals surface area contributed by atoms with Gasteiger partial charge in [-0.2, -0.15) is 5.10 Å². The lowest BCUT2D eigenvalue weighted by Crippen LogP contribution is -2.39. The number of aryl methyl sites for hydroxylation is 1. The molecule has 1 unspecified atom stereocenters. The number of fused-ring (bicyclic) bond motifs is 1. The molecule has 5 nitrogen and oxygen atoms in total. The van der Waals surface area contributed by atoms with E-state index in [-0.39, 0.29) is 11.9 Å². The first kappa shape index (κ1) is 16.3. The smallest absolute Gasteiger partial charge is 0.264 e. The zero-order chi connectivity index (χ0) is 17.4. The van der Waals surface area contributed by atoms with Crippen molar-refractivity contribution in [2.24, 2.45) is 5.73 Å². The lowest BCUT2D eigenvalue weighted by Gasteiger charge is -2.22. The summed E-state index contributed by atoms with van der Waals surface area (Å²) in [5.74, 6) is 0.111. The van der Waals surface area contributed by atoms with Crippen LogP contribution in [0.5, 0.6) is 0 Å². The molecular formula is C19H22N4OS. The number of carbonyl (C=O) groups is 1. The van der Waals surface area contributed by atoms with Crippen molar-refractivity contribution in [2.45, 2.75) is 32.4 Å². The Morgan fingerprint density at radius 3 is 2.92 bits per heavy atom. The predicted octanol–water partition coefficient (Wildman–Crippen LogP) is 3.02. The van der Waals surface area contributed by atoms with Gasteiger partial charge < -0.3 is 10.6 Å². The van der Waals surface area contributed by atoms with E-state index in [1.807, 2.05) is 40.8 Å². The second-order valence-corrected chi connectivity index (χ2v) is 7.62. The van der Waals surface area contributed by atoms with E-state index in [9.17, 15) is 4.79 Å². The summed E-state index contributed by atoms with van der Waals surface area (Å²) in [7, 11) is 0. The minimum absolute atomic E-state index is 0.111. The molecule has 3 aromatic rings. The SMILES string of the molecule is Cc1nn(Cc2ccccc2)c2sc(C(=O)N3CCCC3CN)cc12. The molecule has 1 fully saturated rings. The number of nitrogens with zero attached hydrogens (tertiary/aromatic N) is 3. The van der Waals surface area contributed by atoms with Gasteiger partial charge in [0.1, 0.15) is 4.83 Å². The molecule has 6 heteroatoms. The standard InChI is InChI=1S/C19H22N4OS/c1-13-16-10-17(18(24)22-9-5-8-15(22)11-20)25-19(16)23(21-13)12-14-6-3-2-4-7-14/h2-4,6-7,10,15H,5,8-9,11-12,20H2,1H3. The van der Waals surface area contributed by atoms with Gasteiger partial charge in [-0.05, 0) is 31.4 Å². The van der Waals surface area contributed by atoms with E-state index in [4.69, 9.17) is 5.73 Å². The second-order valence-electron chi connectivity index (χ2n) is 6.59. The first-order valence-corrected chi connectivity index (χ1v) is 9.51. The van der Waals surface area contributed by atoms with Crippen molar-refractivity contribution in [1.29, 1.82) is 0 Å². The van der Waals surface area contributed by atoms with Gasteiger partial charge in [0.15, 0.2) is 0 Å². The summed E-state index contributed by atoms with van der Waals surface area (Å²) in [5, 5.41) is 5.73. The average molecular weight is 354 g/mol. The first-order valence-electron chi connectivity index (χ1n) is 8.69. The van der Waals surface area contributed by atoms with E-state index in [1.165, 1.54) is 16.9 Å². The number of benzene rings is 1. The van der Waals surface area contributed by atoms with Gasteiger partial charge in [-0.3, -0.25) is 9.48 Å². The molecule has 0 spiro atoms. The van der Waals surface area contributed by atoms with Gasteiger partial charge in [0.2, 0.25) is 0 Å². The van der Waals surface area contributed by atoms with Crippen LogP contribution in [0.3, 0.4) is 0 Å². The molecule has 4 rings (SSSR count). The van der Waals surface area contributed by atoms with Gasteiger partial charge in [0.25, 0.3) is 5.91 Å². The number of amides is 1. The van der Waals surface area contributed by atoms with Crippen LogP contribution in [-0.4, -0.2) is 39.7 Å². The van der Waals surface area contributed by atoms with E-state index >= 15 is 0 Å². The summed E-state index contributed by atoms with van der Waals surface area (Å²) < 4.78 is 2.01. The Hall–Kier alpha value is -2.18. The van der Waals surface area contributed by atoms with Crippen LogP contribution in [0.1, 0.15) is 33.8 Å². The topological polar surface area (TPSA) is 64.2 Å². The number of hydrogen-bond donors (Lipinski definition) is 1. The summed E-state index contributed by atoms with van der Waals surface area (Å²) in [6.07, 6.45) is 2.05. The van der Waals surface area contributed by atoms with Crippen LogP contribution in [0.4, 0.5) is 0 Å². The van der Waals surface area contributed by atoms with E-state index < -0.39 is 0 Å². The average Bonchev–Trinajstić information content (AvgIpc) is 3.33. The summed E-state index contributed by atoms with van der Waals surface area (Å²) >= 11 is 1.54. The van der Waals surface area contributed by atoms with Crippen molar-refractivity contribution in [3.63, 3.8) is 0 Å². The molecular weight excluding hydrogens is 332 g/mol. The van der Waals surface area contributed by atoms with Crippen LogP contribution in [-0.2, 0) is 6.54 Å². The summed E-state index contributed by atoms with van der Waals surface area (Å²) in [5.41, 5.74) is 8.00. The third-order valence-electron chi connectivity index (χ3n) is 4.90. The monoisotopic (exact) mass is 354 g/mol. The Bertz CT molecular complexity index is 899. The van der Waals surface area contributed by atoms with Crippen molar-refractivity contribution >= 4 is 27.5 Å². The molecule has 2 aromatic heterocycles. The van der Waals surface area contributed by atoms with E-state index in [1.54, 1.807) is 0 Å². The van der Waals surface area contributed by atoms with Crippen molar-refractivity contribution in [3.8, 4) is 0 Å². The van der Waals surface area contributed by atoms with Gasteiger partial charge in [-0.1, -0.05) is 30.3 Å². The molecule has 1 aliphatic rings. The second kappa shape index (κ2) is 6.61. The molecule has 1 aromatic carbocycles. The fourth-order valence-electron chi connectivity index (χ4n) is 3.57. The number of thiophene rings is 1. The quantitative estimate of drug-likeness (QED) is 0.783. The van der Waals surface area contributed by atoms with Gasteiger partial charge in [0.05, 0.1) is 17.1 Å². The van der Waals surface area contributed by atoms with Gasteiger partial charge in [-0.25, -0.2) is 0 Å². The van der Waals surface area contributed by atoms with Crippen LogP contribution in [0.15, 0.2) is 36.4 Å². The summed E-state index contributed by atoms with van der Waals surface area (Å²) in [6, 6.07) is 12.5. The molecule has 0 aliphatic carbocycles. The maximum Gasteiger partial charge on any atom is 0.264 e. The molecule has 130 valence electrons. The summed E-state index contributed by atoms with van der Waals surface area (Å²) in [4.78, 5) is 16.7. The maximum absolute atomic E-state index is 12.9. The number of hydrogen-bond acceptors (Lipinski definition) is 4. The third-order valence-corrected chi connectivity index (χ3v) is 6.04. The Labute approximate surface area is 151 Å². The Kier molecular flexibility index (Phi) is 4.31. The number of aromatic nitrogens is 2. The van der Waals surface area contributed by atoms with Crippen molar-refractivity contribution < 1.29 is 4.79 Å². The summed E-state index contributed by atoms with van der Waals surface area (Å²) in [6.45, 7) is 4.07. The molecule has 25 heavy (non-hydrogen) atoms. The highest BCUT2D eigenvalue weighted by atomic mass is 32.1. The Balaban J connectivity index is 1.66. The largest absolute Gasteiger partial charge is 0.334 e. The highest BCUT2D eigenvalue weighted by Crippen LogP contribution is 2.31. The number of rotatable bonds is 4. The van der Waals surface area contributed by atoms with Crippen molar-refractivity contribution in [1.82, 2.24) is 14.7 Å². The van der Waals surface area contributed by atoms with Gasteiger partial charge in [0, 0.05) is 24.5 Å². The van der Waals surface area contributed by atoms with Crippen LogP contribution in [0, 0.1) is 6.92 Å². The highest BCUT2D eigenvalue weighted by Gasteiger charge is 2.29. The highest BCUT2D eigenvalue weighted by molar-refractivity contribution is 7.20. The van der Waals surface area contributed by atoms with Crippen LogP contribution >= 0.6 is 11.3 Å². The fourth-order valence-corrected chi connectivity index (χ4v) is 4.69. The molecule has 1 aliphatic heterocycles. The molecule has 1 saturated heterocycles. The maximum atomic E-state index is 12.9. The third kappa shape index (κ3) is 2.96. The lowest BCUT2D eigenvalue weighted by atomic mass is 10.2. The van der Waals surface area contributed by atoms with Crippen molar-refractivity contribution in [2.75, 3.05) is 13.1 Å². The molecule has 0 saturated carbocycles. The van der Waals surface area contributed by atoms with E-state index in [2.05, 4.69) is 17.2 Å². The van der Waals surface area contributed by atoms with Crippen molar-refractivity contribution in [3.05, 3.63) is 52.5 Å². The number of carbonyl (C=O) groups excluding carboxylic acids is 1. The number of nitrogens with two attached hydrogens (primary N) is 1. The fraction of sp³-hybridized carbons (Fsp3) is 0.368. The van der Waals surface area contributed by atoms with Crippen LogP contribution in [0.2, 0.25) is 0 Å². The van der Waals surface area contributed by atoms with Crippen LogP contribution < -0.4 is 5.73 Å². The minimum atomic E-state index is 0.111. The Morgan fingerprint density at radius 2 is 2.16 bits per heavy atom. The number of likely N-dealkylation sites (tertiary alicyclic amines) is 1. The Morgan fingerprint density at radius 1 is 1.36 bits per heavy atom. The molecule has 1 amide bonds. The molecule has 3 heterocycles. The predicted molar refractivity (Wildman–Crippen MR) is 101 cm³/mol. The van der Waals surface area contributed by atoms with Gasteiger partial charge >= 0.3 is 0 Å². The van der Waals surface area contributed by atoms with Gasteiger partial charge in [-0.15, -0.1) is 11.3 Å². The molecule has 2 N–H and O–H groups in total. The van der Waals surface area contributed by atoms with E-state index in [0.717, 1.165) is 40.2 Å².